The van der Waals surface area contributed by atoms with E-state index < -0.39 is 10.0 Å². The average Bonchev–Trinajstić information content (AvgIpc) is 3.22. The molecule has 0 radical (unpaired) electrons. The predicted molar refractivity (Wildman–Crippen MR) is 95.2 cm³/mol. The van der Waals surface area contributed by atoms with Crippen LogP contribution in [0.2, 0.25) is 0 Å². The Bertz CT molecular complexity index is 809. The summed E-state index contributed by atoms with van der Waals surface area (Å²) in [6.45, 7) is 6.05. The maximum absolute atomic E-state index is 12.3. The Labute approximate surface area is 147 Å². The Morgan fingerprint density at radius 3 is 2.64 bits per heavy atom. The van der Waals surface area contributed by atoms with Gasteiger partial charge in [-0.3, -0.25) is 5.10 Å². The molecule has 3 rings (SSSR count). The standard InChI is InChI=1S/C15H23N7O2S/c1-11-15(12(2)21-20-11)25(23,24)19-6-5-16-13-9-14(18-10-17-13)22-7-3-4-8-22/h9-10,19H,3-8H2,1-2H3,(H,20,21)(H,16,17,18). The summed E-state index contributed by atoms with van der Waals surface area (Å²) in [5.41, 5.74) is 0.994. The molecule has 3 N–H and O–H groups in total. The minimum atomic E-state index is -3.58. The van der Waals surface area contributed by atoms with Crippen molar-refractivity contribution >= 4 is 21.7 Å². The first-order valence-corrected chi connectivity index (χ1v) is 9.78. The van der Waals surface area contributed by atoms with Gasteiger partial charge in [-0.2, -0.15) is 5.10 Å². The van der Waals surface area contributed by atoms with Crippen LogP contribution in [0.25, 0.3) is 0 Å². The Hall–Kier alpha value is -2.20. The molecule has 0 unspecified atom stereocenters. The van der Waals surface area contributed by atoms with Crippen molar-refractivity contribution < 1.29 is 8.42 Å². The van der Waals surface area contributed by atoms with Crippen LogP contribution in [0.5, 0.6) is 0 Å². The third-order valence-corrected chi connectivity index (χ3v) is 5.86. The largest absolute Gasteiger partial charge is 0.369 e. The molecule has 136 valence electrons. The number of rotatable bonds is 7. The second-order valence-corrected chi connectivity index (χ2v) is 7.75. The molecule has 0 saturated carbocycles. The van der Waals surface area contributed by atoms with Crippen LogP contribution in [0.4, 0.5) is 11.6 Å². The number of H-pyrrole nitrogens is 1. The number of nitrogens with one attached hydrogen (secondary N) is 3. The molecule has 25 heavy (non-hydrogen) atoms. The number of hydrogen-bond acceptors (Lipinski definition) is 7. The van der Waals surface area contributed by atoms with E-state index in [-0.39, 0.29) is 11.4 Å². The summed E-state index contributed by atoms with van der Waals surface area (Å²) in [5, 5.41) is 9.74. The molecule has 0 atom stereocenters. The number of aromatic nitrogens is 4. The van der Waals surface area contributed by atoms with E-state index in [1.54, 1.807) is 13.8 Å². The van der Waals surface area contributed by atoms with E-state index in [1.807, 2.05) is 6.07 Å². The van der Waals surface area contributed by atoms with Gasteiger partial charge in [0, 0.05) is 32.2 Å². The van der Waals surface area contributed by atoms with Crippen molar-refractivity contribution in [2.75, 3.05) is 36.4 Å². The second kappa shape index (κ2) is 7.36. The summed E-state index contributed by atoms with van der Waals surface area (Å²) >= 11 is 0. The van der Waals surface area contributed by atoms with Gasteiger partial charge in [0.25, 0.3) is 0 Å². The Morgan fingerprint density at radius 1 is 1.20 bits per heavy atom. The zero-order valence-electron chi connectivity index (χ0n) is 14.4. The number of hydrogen-bond donors (Lipinski definition) is 3. The molecule has 1 aliphatic rings. The first kappa shape index (κ1) is 17.6. The lowest BCUT2D eigenvalue weighted by Gasteiger charge is -2.16. The van der Waals surface area contributed by atoms with E-state index in [0.717, 1.165) is 18.9 Å². The molecule has 1 aliphatic heterocycles. The summed E-state index contributed by atoms with van der Waals surface area (Å²) in [4.78, 5) is 10.9. The van der Waals surface area contributed by atoms with Gasteiger partial charge < -0.3 is 10.2 Å². The Morgan fingerprint density at radius 2 is 1.96 bits per heavy atom. The quantitative estimate of drug-likeness (QED) is 0.622. The number of aryl methyl sites for hydroxylation is 2. The Balaban J connectivity index is 1.54. The first-order valence-electron chi connectivity index (χ1n) is 8.29. The van der Waals surface area contributed by atoms with Crippen LogP contribution in [-0.4, -0.2) is 54.8 Å². The van der Waals surface area contributed by atoms with Crippen LogP contribution in [0, 0.1) is 13.8 Å². The summed E-state index contributed by atoms with van der Waals surface area (Å²) in [5.74, 6) is 1.59. The van der Waals surface area contributed by atoms with E-state index in [1.165, 1.54) is 19.2 Å². The molecule has 0 bridgehead atoms. The third-order valence-electron chi connectivity index (χ3n) is 4.14. The molecule has 2 aromatic rings. The molecule has 0 spiro atoms. The van der Waals surface area contributed by atoms with Crippen molar-refractivity contribution in [2.24, 2.45) is 0 Å². The molecule has 0 aliphatic carbocycles. The number of nitrogens with zero attached hydrogens (tertiary/aromatic N) is 4. The molecular formula is C15H23N7O2S. The van der Waals surface area contributed by atoms with Crippen molar-refractivity contribution in [1.82, 2.24) is 24.9 Å². The fourth-order valence-corrected chi connectivity index (χ4v) is 4.35. The van der Waals surface area contributed by atoms with E-state index in [9.17, 15) is 8.42 Å². The maximum atomic E-state index is 12.3. The molecule has 1 fully saturated rings. The molecule has 3 heterocycles. The van der Waals surface area contributed by atoms with Crippen molar-refractivity contribution in [2.45, 2.75) is 31.6 Å². The zero-order chi connectivity index (χ0) is 17.9. The molecule has 10 heteroatoms. The topological polar surface area (TPSA) is 116 Å². The van der Waals surface area contributed by atoms with Crippen molar-refractivity contribution in [3.8, 4) is 0 Å². The highest BCUT2D eigenvalue weighted by molar-refractivity contribution is 7.89. The minimum absolute atomic E-state index is 0.214. The van der Waals surface area contributed by atoms with Crippen LogP contribution in [-0.2, 0) is 10.0 Å². The van der Waals surface area contributed by atoms with E-state index in [2.05, 4.69) is 35.1 Å². The van der Waals surface area contributed by atoms with Gasteiger partial charge in [0.05, 0.1) is 11.4 Å². The monoisotopic (exact) mass is 365 g/mol. The normalized spacial score (nSPS) is 14.9. The predicted octanol–water partition coefficient (Wildman–Crippen LogP) is 0.807. The van der Waals surface area contributed by atoms with Crippen molar-refractivity contribution in [3.05, 3.63) is 23.8 Å². The highest BCUT2D eigenvalue weighted by Crippen LogP contribution is 2.19. The number of sulfonamides is 1. The maximum Gasteiger partial charge on any atom is 0.244 e. The van der Waals surface area contributed by atoms with Crippen LogP contribution < -0.4 is 14.9 Å². The van der Waals surface area contributed by atoms with Crippen LogP contribution in [0.3, 0.4) is 0 Å². The molecule has 0 amide bonds. The van der Waals surface area contributed by atoms with E-state index in [0.29, 0.717) is 23.8 Å². The van der Waals surface area contributed by atoms with Crippen molar-refractivity contribution in [1.29, 1.82) is 0 Å². The fraction of sp³-hybridized carbons (Fsp3) is 0.533. The van der Waals surface area contributed by atoms with Crippen molar-refractivity contribution in [3.63, 3.8) is 0 Å². The lowest BCUT2D eigenvalue weighted by atomic mass is 10.4. The zero-order valence-corrected chi connectivity index (χ0v) is 15.2. The summed E-state index contributed by atoms with van der Waals surface area (Å²) < 4.78 is 27.3. The highest BCUT2D eigenvalue weighted by atomic mass is 32.2. The SMILES string of the molecule is Cc1n[nH]c(C)c1S(=O)(=O)NCCNc1cc(N2CCCC2)ncn1. The van der Waals surface area contributed by atoms with Gasteiger partial charge in [-0.25, -0.2) is 23.1 Å². The second-order valence-electron chi connectivity index (χ2n) is 6.04. The lowest BCUT2D eigenvalue weighted by molar-refractivity contribution is 0.581. The van der Waals surface area contributed by atoms with Crippen LogP contribution >= 0.6 is 0 Å². The number of aromatic amines is 1. The minimum Gasteiger partial charge on any atom is -0.369 e. The fourth-order valence-electron chi connectivity index (χ4n) is 2.95. The average molecular weight is 365 g/mol. The van der Waals surface area contributed by atoms with Gasteiger partial charge in [-0.15, -0.1) is 0 Å². The highest BCUT2D eigenvalue weighted by Gasteiger charge is 2.21. The Kier molecular flexibility index (Phi) is 5.19. The van der Waals surface area contributed by atoms with Gasteiger partial charge >= 0.3 is 0 Å². The summed E-state index contributed by atoms with van der Waals surface area (Å²) in [7, 11) is -3.58. The lowest BCUT2D eigenvalue weighted by Crippen LogP contribution is -2.29. The molecule has 2 aromatic heterocycles. The smallest absolute Gasteiger partial charge is 0.244 e. The molecule has 0 aromatic carbocycles. The van der Waals surface area contributed by atoms with Gasteiger partial charge in [0.15, 0.2) is 0 Å². The van der Waals surface area contributed by atoms with E-state index >= 15 is 0 Å². The van der Waals surface area contributed by atoms with Crippen LogP contribution in [0.15, 0.2) is 17.3 Å². The van der Waals surface area contributed by atoms with Gasteiger partial charge in [-0.05, 0) is 26.7 Å². The van der Waals surface area contributed by atoms with Gasteiger partial charge in [0.2, 0.25) is 10.0 Å². The summed E-state index contributed by atoms with van der Waals surface area (Å²) in [6.07, 6.45) is 3.89. The molecule has 9 nitrogen and oxygen atoms in total. The molecule has 1 saturated heterocycles. The van der Waals surface area contributed by atoms with E-state index in [4.69, 9.17) is 0 Å². The summed E-state index contributed by atoms with van der Waals surface area (Å²) in [6, 6.07) is 1.89. The van der Waals surface area contributed by atoms with Gasteiger partial charge in [0.1, 0.15) is 22.9 Å². The number of anilines is 2. The third kappa shape index (κ3) is 4.07. The first-order chi connectivity index (χ1) is 12.0. The van der Waals surface area contributed by atoms with Gasteiger partial charge in [-0.1, -0.05) is 0 Å². The van der Waals surface area contributed by atoms with Crippen LogP contribution in [0.1, 0.15) is 24.2 Å². The molecular weight excluding hydrogens is 342 g/mol.